The molecule has 0 saturated carbocycles. The van der Waals surface area contributed by atoms with Crippen LogP contribution in [0, 0.1) is 10.1 Å². The molecule has 0 aliphatic rings. The summed E-state index contributed by atoms with van der Waals surface area (Å²) in [5.41, 5.74) is 0.371. The van der Waals surface area contributed by atoms with Gasteiger partial charge in [-0.2, -0.15) is 5.10 Å². The Labute approximate surface area is 141 Å². The summed E-state index contributed by atoms with van der Waals surface area (Å²) in [5, 5.41) is 18.3. The predicted octanol–water partition coefficient (Wildman–Crippen LogP) is 3.69. The predicted molar refractivity (Wildman–Crippen MR) is 89.6 cm³/mol. The lowest BCUT2D eigenvalue weighted by molar-refractivity contribution is -0.385. The molecule has 3 rings (SSSR count). The van der Waals surface area contributed by atoms with E-state index in [4.69, 9.17) is 11.6 Å². The van der Waals surface area contributed by atoms with Gasteiger partial charge in [0.25, 0.3) is 11.6 Å². The van der Waals surface area contributed by atoms with E-state index in [1.807, 2.05) is 0 Å². The number of aromatic nitrogens is 2. The summed E-state index contributed by atoms with van der Waals surface area (Å²) in [7, 11) is 0. The van der Waals surface area contributed by atoms with Crippen LogP contribution in [0.25, 0.3) is 5.69 Å². The highest BCUT2D eigenvalue weighted by atomic mass is 35.5. The van der Waals surface area contributed by atoms with Crippen molar-refractivity contribution in [2.75, 3.05) is 5.32 Å². The summed E-state index contributed by atoms with van der Waals surface area (Å²) in [6, 6.07) is 14.3. The van der Waals surface area contributed by atoms with Gasteiger partial charge in [0.1, 0.15) is 11.4 Å². The van der Waals surface area contributed by atoms with Gasteiger partial charge in [0, 0.05) is 17.2 Å². The van der Waals surface area contributed by atoms with Crippen LogP contribution >= 0.6 is 11.6 Å². The number of amides is 1. The van der Waals surface area contributed by atoms with Crippen LogP contribution < -0.4 is 5.32 Å². The van der Waals surface area contributed by atoms with E-state index in [9.17, 15) is 14.9 Å². The van der Waals surface area contributed by atoms with Crippen LogP contribution in [-0.2, 0) is 0 Å². The van der Waals surface area contributed by atoms with E-state index in [0.29, 0.717) is 16.5 Å². The van der Waals surface area contributed by atoms with Crippen LogP contribution in [0.4, 0.5) is 11.5 Å². The first-order valence-electron chi connectivity index (χ1n) is 6.91. The molecule has 0 unspecified atom stereocenters. The fourth-order valence-corrected chi connectivity index (χ4v) is 2.40. The van der Waals surface area contributed by atoms with Crippen molar-refractivity contribution >= 4 is 29.0 Å². The Bertz CT molecular complexity index is 923. The van der Waals surface area contributed by atoms with Crippen LogP contribution in [0.15, 0.2) is 60.8 Å². The number of para-hydroxylation sites is 1. The zero-order valence-corrected chi connectivity index (χ0v) is 13.0. The summed E-state index contributed by atoms with van der Waals surface area (Å²) < 4.78 is 1.48. The maximum absolute atomic E-state index is 12.4. The molecule has 0 spiro atoms. The molecule has 0 saturated heterocycles. The molecular formula is C16H11ClN4O3. The number of carbonyl (C=O) groups is 1. The van der Waals surface area contributed by atoms with Crippen molar-refractivity contribution in [3.05, 3.63) is 81.5 Å². The molecule has 0 aliphatic carbocycles. The molecular weight excluding hydrogens is 332 g/mol. The van der Waals surface area contributed by atoms with Crippen LogP contribution in [0.5, 0.6) is 0 Å². The Hall–Kier alpha value is -3.19. The van der Waals surface area contributed by atoms with E-state index in [0.717, 1.165) is 0 Å². The molecule has 24 heavy (non-hydrogen) atoms. The minimum atomic E-state index is -0.594. The number of rotatable bonds is 4. The zero-order chi connectivity index (χ0) is 17.1. The van der Waals surface area contributed by atoms with Gasteiger partial charge in [-0.3, -0.25) is 14.9 Å². The SMILES string of the molecule is O=C(Nc1ccnn1-c1cccc(Cl)c1)c1ccccc1[N+](=O)[O-]. The summed E-state index contributed by atoms with van der Waals surface area (Å²) in [4.78, 5) is 22.9. The standard InChI is InChI=1S/C16H11ClN4O3/c17-11-4-3-5-12(10-11)20-15(8-9-18-20)19-16(22)13-6-1-2-7-14(13)21(23)24/h1-10H,(H,19,22). The number of anilines is 1. The second-order valence-electron chi connectivity index (χ2n) is 4.84. The summed E-state index contributed by atoms with van der Waals surface area (Å²) in [6.45, 7) is 0. The topological polar surface area (TPSA) is 90.1 Å². The second kappa shape index (κ2) is 6.51. The lowest BCUT2D eigenvalue weighted by atomic mass is 10.1. The molecule has 1 N–H and O–H groups in total. The molecule has 7 nitrogen and oxygen atoms in total. The van der Waals surface area contributed by atoms with Crippen molar-refractivity contribution in [1.29, 1.82) is 0 Å². The zero-order valence-electron chi connectivity index (χ0n) is 12.2. The number of nitrogens with one attached hydrogen (secondary N) is 1. The molecule has 0 fully saturated rings. The third kappa shape index (κ3) is 3.11. The van der Waals surface area contributed by atoms with E-state index >= 15 is 0 Å². The fraction of sp³-hybridized carbons (Fsp3) is 0. The molecule has 1 aromatic heterocycles. The molecule has 0 atom stereocenters. The lowest BCUT2D eigenvalue weighted by Crippen LogP contribution is -2.16. The molecule has 8 heteroatoms. The first-order valence-corrected chi connectivity index (χ1v) is 7.29. The molecule has 0 radical (unpaired) electrons. The normalized spacial score (nSPS) is 10.4. The van der Waals surface area contributed by atoms with Crippen LogP contribution in [0.1, 0.15) is 10.4 Å². The first-order chi connectivity index (χ1) is 11.6. The van der Waals surface area contributed by atoms with Gasteiger partial charge in [-0.1, -0.05) is 29.8 Å². The highest BCUT2D eigenvalue weighted by Gasteiger charge is 2.20. The number of nitro groups is 1. The minimum absolute atomic E-state index is 0.0265. The van der Waals surface area contributed by atoms with Gasteiger partial charge in [-0.25, -0.2) is 4.68 Å². The maximum Gasteiger partial charge on any atom is 0.282 e. The van der Waals surface area contributed by atoms with Crippen molar-refractivity contribution in [2.45, 2.75) is 0 Å². The van der Waals surface area contributed by atoms with Crippen LogP contribution in [0.2, 0.25) is 5.02 Å². The quantitative estimate of drug-likeness (QED) is 0.578. The van der Waals surface area contributed by atoms with E-state index < -0.39 is 10.8 Å². The average molecular weight is 343 g/mol. The molecule has 0 aliphatic heterocycles. The number of nitro benzene ring substituents is 1. The minimum Gasteiger partial charge on any atom is -0.306 e. The second-order valence-corrected chi connectivity index (χ2v) is 5.27. The van der Waals surface area contributed by atoms with E-state index in [2.05, 4.69) is 10.4 Å². The van der Waals surface area contributed by atoms with Crippen molar-refractivity contribution in [3.8, 4) is 5.69 Å². The van der Waals surface area contributed by atoms with Gasteiger partial charge in [0.15, 0.2) is 0 Å². The number of nitrogens with zero attached hydrogens (tertiary/aromatic N) is 3. The number of hydrogen-bond acceptors (Lipinski definition) is 4. The Kier molecular flexibility index (Phi) is 4.26. The molecule has 1 heterocycles. The van der Waals surface area contributed by atoms with E-state index in [-0.39, 0.29) is 11.3 Å². The molecule has 1 amide bonds. The van der Waals surface area contributed by atoms with Gasteiger partial charge in [-0.05, 0) is 24.3 Å². The lowest BCUT2D eigenvalue weighted by Gasteiger charge is -2.09. The molecule has 2 aromatic carbocycles. The number of benzene rings is 2. The monoisotopic (exact) mass is 342 g/mol. The molecule has 3 aromatic rings. The first kappa shape index (κ1) is 15.7. The Morgan fingerprint density at radius 3 is 2.71 bits per heavy atom. The number of carbonyl (C=O) groups excluding carboxylic acids is 1. The maximum atomic E-state index is 12.4. The Morgan fingerprint density at radius 2 is 1.96 bits per heavy atom. The van der Waals surface area contributed by atoms with E-state index in [1.165, 1.54) is 29.1 Å². The highest BCUT2D eigenvalue weighted by molar-refractivity contribution is 6.30. The van der Waals surface area contributed by atoms with Gasteiger partial charge in [-0.15, -0.1) is 0 Å². The van der Waals surface area contributed by atoms with Crippen molar-refractivity contribution < 1.29 is 9.72 Å². The molecule has 120 valence electrons. The fourth-order valence-electron chi connectivity index (χ4n) is 2.22. The van der Waals surface area contributed by atoms with Gasteiger partial charge in [0.05, 0.1) is 16.8 Å². The molecule has 0 bridgehead atoms. The van der Waals surface area contributed by atoms with Gasteiger partial charge >= 0.3 is 0 Å². The van der Waals surface area contributed by atoms with E-state index in [1.54, 1.807) is 36.4 Å². The largest absolute Gasteiger partial charge is 0.306 e. The van der Waals surface area contributed by atoms with Crippen LogP contribution in [0.3, 0.4) is 0 Å². The third-order valence-electron chi connectivity index (χ3n) is 3.28. The van der Waals surface area contributed by atoms with Crippen LogP contribution in [-0.4, -0.2) is 20.6 Å². The van der Waals surface area contributed by atoms with Crippen molar-refractivity contribution in [1.82, 2.24) is 9.78 Å². The van der Waals surface area contributed by atoms with Crippen molar-refractivity contribution in [3.63, 3.8) is 0 Å². The highest BCUT2D eigenvalue weighted by Crippen LogP contribution is 2.22. The summed E-state index contributed by atoms with van der Waals surface area (Å²) >= 11 is 5.97. The average Bonchev–Trinajstić information content (AvgIpc) is 3.03. The number of halogens is 1. The smallest absolute Gasteiger partial charge is 0.282 e. The third-order valence-corrected chi connectivity index (χ3v) is 3.52. The van der Waals surface area contributed by atoms with Gasteiger partial charge in [0.2, 0.25) is 0 Å². The summed E-state index contributed by atoms with van der Waals surface area (Å²) in [6.07, 6.45) is 1.51. The number of hydrogen-bond donors (Lipinski definition) is 1. The Morgan fingerprint density at radius 1 is 1.17 bits per heavy atom. The Balaban J connectivity index is 1.92. The summed E-state index contributed by atoms with van der Waals surface area (Å²) in [5.74, 6) is -0.216. The van der Waals surface area contributed by atoms with Crippen molar-refractivity contribution in [2.24, 2.45) is 0 Å². The van der Waals surface area contributed by atoms with Gasteiger partial charge < -0.3 is 5.32 Å².